The van der Waals surface area contributed by atoms with Gasteiger partial charge < -0.3 is 10.1 Å². The summed E-state index contributed by atoms with van der Waals surface area (Å²) in [6.45, 7) is 0. The second-order valence-corrected chi connectivity index (χ2v) is 3.03. The van der Waals surface area contributed by atoms with Crippen LogP contribution in [0.3, 0.4) is 0 Å². The van der Waals surface area contributed by atoms with Gasteiger partial charge in [-0.05, 0) is 18.2 Å². The van der Waals surface area contributed by atoms with Crippen LogP contribution in [0.15, 0.2) is 24.3 Å². The largest absolute Gasteiger partial charge is 0.469 e. The summed E-state index contributed by atoms with van der Waals surface area (Å²) < 4.78 is 4.37. The van der Waals surface area contributed by atoms with Crippen molar-refractivity contribution < 1.29 is 14.3 Å². The lowest BCUT2D eigenvalue weighted by atomic mass is 10.2. The highest BCUT2D eigenvalue weighted by atomic mass is 16.5. The van der Waals surface area contributed by atoms with Crippen molar-refractivity contribution in [2.45, 2.75) is 6.42 Å². The van der Waals surface area contributed by atoms with E-state index in [2.05, 4.69) is 16.0 Å². The zero-order valence-electron chi connectivity index (χ0n) is 8.82. The van der Waals surface area contributed by atoms with Crippen LogP contribution in [0.4, 0.5) is 5.69 Å². The Morgan fingerprint density at radius 3 is 2.88 bits per heavy atom. The van der Waals surface area contributed by atoms with E-state index in [4.69, 9.17) is 6.42 Å². The number of methoxy groups -OCH3 is 1. The Morgan fingerprint density at radius 1 is 1.50 bits per heavy atom. The van der Waals surface area contributed by atoms with Crippen molar-refractivity contribution in [3.05, 3.63) is 29.8 Å². The molecule has 0 saturated carbocycles. The molecule has 1 amide bonds. The Labute approximate surface area is 93.6 Å². The number of terminal acetylenes is 1. The van der Waals surface area contributed by atoms with Gasteiger partial charge in [-0.25, -0.2) is 0 Å². The van der Waals surface area contributed by atoms with Crippen LogP contribution >= 0.6 is 0 Å². The molecule has 0 unspecified atom stereocenters. The van der Waals surface area contributed by atoms with Gasteiger partial charge in [0.25, 0.3) is 0 Å². The molecule has 0 bridgehead atoms. The van der Waals surface area contributed by atoms with E-state index in [-0.39, 0.29) is 6.42 Å². The number of nitrogens with one attached hydrogen (secondary N) is 1. The van der Waals surface area contributed by atoms with Crippen LogP contribution < -0.4 is 5.32 Å². The van der Waals surface area contributed by atoms with Gasteiger partial charge in [-0.3, -0.25) is 9.59 Å². The molecule has 0 atom stereocenters. The lowest BCUT2D eigenvalue weighted by molar-refractivity contribution is -0.142. The third-order valence-corrected chi connectivity index (χ3v) is 1.85. The van der Waals surface area contributed by atoms with E-state index >= 15 is 0 Å². The second kappa shape index (κ2) is 5.56. The maximum atomic E-state index is 11.3. The summed E-state index contributed by atoms with van der Waals surface area (Å²) in [5.74, 6) is 1.44. The van der Waals surface area contributed by atoms with Gasteiger partial charge in [0.1, 0.15) is 6.42 Å². The van der Waals surface area contributed by atoms with Crippen molar-refractivity contribution >= 4 is 17.6 Å². The summed E-state index contributed by atoms with van der Waals surface area (Å²) in [6.07, 6.45) is 4.91. The molecule has 0 radical (unpaired) electrons. The summed E-state index contributed by atoms with van der Waals surface area (Å²) in [5, 5.41) is 2.55. The average molecular weight is 217 g/mol. The monoisotopic (exact) mass is 217 g/mol. The first-order valence-electron chi connectivity index (χ1n) is 4.59. The molecule has 0 fully saturated rings. The molecule has 0 aliphatic heterocycles. The van der Waals surface area contributed by atoms with Gasteiger partial charge in [-0.2, -0.15) is 0 Å². The molecule has 4 heteroatoms. The Hall–Kier alpha value is -2.28. The minimum atomic E-state index is -0.578. The van der Waals surface area contributed by atoms with Crippen LogP contribution in [0, 0.1) is 12.3 Å². The number of esters is 1. The lowest BCUT2D eigenvalue weighted by Gasteiger charge is -2.04. The van der Waals surface area contributed by atoms with Crippen LogP contribution in [-0.4, -0.2) is 19.0 Å². The molecule has 0 aliphatic carbocycles. The van der Waals surface area contributed by atoms with Gasteiger partial charge in [0.2, 0.25) is 5.91 Å². The third kappa shape index (κ3) is 3.46. The maximum Gasteiger partial charge on any atom is 0.315 e. The van der Waals surface area contributed by atoms with E-state index in [9.17, 15) is 9.59 Å². The number of rotatable bonds is 3. The summed E-state index contributed by atoms with van der Waals surface area (Å²) in [6, 6.07) is 6.81. The Morgan fingerprint density at radius 2 is 2.25 bits per heavy atom. The predicted molar refractivity (Wildman–Crippen MR) is 59.6 cm³/mol. The van der Waals surface area contributed by atoms with Crippen LogP contribution in [-0.2, 0) is 14.3 Å². The number of benzene rings is 1. The number of hydrogen-bond donors (Lipinski definition) is 1. The molecule has 0 spiro atoms. The maximum absolute atomic E-state index is 11.3. The van der Waals surface area contributed by atoms with Crippen molar-refractivity contribution in [1.29, 1.82) is 0 Å². The Bertz CT molecular complexity index is 446. The molecule has 1 rings (SSSR count). The molecule has 0 aromatic heterocycles. The van der Waals surface area contributed by atoms with Gasteiger partial charge >= 0.3 is 5.97 Å². The first-order valence-corrected chi connectivity index (χ1v) is 4.59. The fraction of sp³-hybridized carbons (Fsp3) is 0.167. The summed E-state index contributed by atoms with van der Waals surface area (Å²) in [4.78, 5) is 22.1. The highest BCUT2D eigenvalue weighted by Gasteiger charge is 2.09. The average Bonchev–Trinajstić information content (AvgIpc) is 2.28. The van der Waals surface area contributed by atoms with Crippen molar-refractivity contribution in [3.8, 4) is 12.3 Å². The normalized spacial score (nSPS) is 9.00. The minimum Gasteiger partial charge on any atom is -0.469 e. The first-order chi connectivity index (χ1) is 7.65. The first kappa shape index (κ1) is 11.8. The fourth-order valence-corrected chi connectivity index (χ4v) is 1.10. The molecule has 1 aromatic carbocycles. The van der Waals surface area contributed by atoms with Crippen molar-refractivity contribution in [2.24, 2.45) is 0 Å². The molecular formula is C12H11NO3. The smallest absolute Gasteiger partial charge is 0.315 e. The molecule has 82 valence electrons. The van der Waals surface area contributed by atoms with Gasteiger partial charge in [0.05, 0.1) is 7.11 Å². The van der Waals surface area contributed by atoms with Gasteiger partial charge in [-0.15, -0.1) is 6.42 Å². The summed E-state index contributed by atoms with van der Waals surface area (Å²) in [7, 11) is 1.23. The highest BCUT2D eigenvalue weighted by molar-refractivity contribution is 6.01. The van der Waals surface area contributed by atoms with E-state index in [0.29, 0.717) is 11.3 Å². The fourth-order valence-electron chi connectivity index (χ4n) is 1.10. The molecule has 16 heavy (non-hydrogen) atoms. The highest BCUT2D eigenvalue weighted by Crippen LogP contribution is 2.09. The molecule has 4 nitrogen and oxygen atoms in total. The molecule has 1 aromatic rings. The molecule has 1 N–H and O–H groups in total. The zero-order valence-corrected chi connectivity index (χ0v) is 8.82. The zero-order chi connectivity index (χ0) is 12.0. The van der Waals surface area contributed by atoms with Gasteiger partial charge in [0, 0.05) is 11.3 Å². The molecule has 0 heterocycles. The Kier molecular flexibility index (Phi) is 4.10. The van der Waals surface area contributed by atoms with Crippen molar-refractivity contribution in [3.63, 3.8) is 0 Å². The molecular weight excluding hydrogens is 206 g/mol. The van der Waals surface area contributed by atoms with Crippen LogP contribution in [0.2, 0.25) is 0 Å². The standard InChI is InChI=1S/C12H11NO3/c1-3-9-5-4-6-10(7-9)13-11(14)8-12(15)16-2/h1,4-7H,8H2,2H3,(H,13,14). The van der Waals surface area contributed by atoms with E-state index in [0.717, 1.165) is 0 Å². The van der Waals surface area contributed by atoms with Gasteiger partial charge in [-0.1, -0.05) is 12.0 Å². The third-order valence-electron chi connectivity index (χ3n) is 1.85. The van der Waals surface area contributed by atoms with E-state index in [1.165, 1.54) is 7.11 Å². The summed E-state index contributed by atoms with van der Waals surface area (Å²) in [5.41, 5.74) is 1.22. The molecule has 0 aliphatic rings. The van der Waals surface area contributed by atoms with E-state index in [1.807, 2.05) is 0 Å². The number of carbonyl (C=O) groups is 2. The quantitative estimate of drug-likeness (QED) is 0.469. The number of carbonyl (C=O) groups excluding carboxylic acids is 2. The van der Waals surface area contributed by atoms with E-state index < -0.39 is 11.9 Å². The van der Waals surface area contributed by atoms with Crippen molar-refractivity contribution in [2.75, 3.05) is 12.4 Å². The Balaban J connectivity index is 2.63. The SMILES string of the molecule is C#Cc1cccc(NC(=O)CC(=O)OC)c1. The second-order valence-electron chi connectivity index (χ2n) is 3.03. The number of ether oxygens (including phenoxy) is 1. The van der Waals surface area contributed by atoms with E-state index in [1.54, 1.807) is 24.3 Å². The number of amides is 1. The van der Waals surface area contributed by atoms with Crippen LogP contribution in [0.1, 0.15) is 12.0 Å². The lowest BCUT2D eigenvalue weighted by Crippen LogP contribution is -2.17. The molecule has 0 saturated heterocycles. The topological polar surface area (TPSA) is 55.4 Å². The predicted octanol–water partition coefficient (Wildman–Crippen LogP) is 1.17. The summed E-state index contributed by atoms with van der Waals surface area (Å²) >= 11 is 0. The minimum absolute atomic E-state index is 0.309. The number of hydrogen-bond acceptors (Lipinski definition) is 3. The van der Waals surface area contributed by atoms with Crippen LogP contribution in [0.25, 0.3) is 0 Å². The number of anilines is 1. The van der Waals surface area contributed by atoms with Gasteiger partial charge in [0.15, 0.2) is 0 Å². The van der Waals surface area contributed by atoms with Crippen molar-refractivity contribution in [1.82, 2.24) is 0 Å². The van der Waals surface area contributed by atoms with Crippen LogP contribution in [0.5, 0.6) is 0 Å².